The van der Waals surface area contributed by atoms with Gasteiger partial charge < -0.3 is 0 Å². The van der Waals surface area contributed by atoms with Crippen molar-refractivity contribution in [3.63, 3.8) is 0 Å². The summed E-state index contributed by atoms with van der Waals surface area (Å²) in [6, 6.07) is 4.04. The van der Waals surface area contributed by atoms with E-state index in [4.69, 9.17) is 0 Å². The molecule has 0 aromatic heterocycles. The van der Waals surface area contributed by atoms with Gasteiger partial charge in [-0.1, -0.05) is 62.1 Å². The first kappa shape index (κ1) is 26.1. The van der Waals surface area contributed by atoms with E-state index >= 15 is 0 Å². The first-order valence-electron chi connectivity index (χ1n) is 14.7. The topological polar surface area (TPSA) is 51.2 Å². The van der Waals surface area contributed by atoms with Crippen molar-refractivity contribution in [3.05, 3.63) is 64.3 Å². The number of benzene rings is 1. The first-order chi connectivity index (χ1) is 17.8. The van der Waals surface area contributed by atoms with Gasteiger partial charge in [-0.15, -0.1) is 0 Å². The standard InChI is InChI=1S/C34H42O3/c1-21-9-11-24(12-10-21)19-25-13-15-27(16-14-25)32(35)29-20-30-28(17-23(29)3)22(2)18-31(30)34(37)33(36)26-7-5-4-6-8-26/h9-11,17-18,20,22,24-27H,4-8,12-16,19H2,1-3H3. The van der Waals surface area contributed by atoms with E-state index in [0.717, 1.165) is 86.5 Å². The third-order valence-electron chi connectivity index (χ3n) is 9.53. The normalized spacial score (nSPS) is 27.9. The zero-order valence-corrected chi connectivity index (χ0v) is 22.9. The van der Waals surface area contributed by atoms with Gasteiger partial charge in [0.25, 0.3) is 0 Å². The molecule has 0 radical (unpaired) electrons. The van der Waals surface area contributed by atoms with Crippen LogP contribution in [0.2, 0.25) is 0 Å². The minimum absolute atomic E-state index is 0.0582. The maximum Gasteiger partial charge on any atom is 0.229 e. The van der Waals surface area contributed by atoms with Crippen molar-refractivity contribution in [3.8, 4) is 0 Å². The molecule has 0 N–H and O–H groups in total. The van der Waals surface area contributed by atoms with Gasteiger partial charge in [0.1, 0.15) is 0 Å². The van der Waals surface area contributed by atoms with Gasteiger partial charge in [0, 0.05) is 28.9 Å². The monoisotopic (exact) mass is 498 g/mol. The highest BCUT2D eigenvalue weighted by Crippen LogP contribution is 2.41. The third kappa shape index (κ3) is 5.52. The Balaban J connectivity index is 1.27. The summed E-state index contributed by atoms with van der Waals surface area (Å²) in [6.45, 7) is 6.25. The van der Waals surface area contributed by atoms with Gasteiger partial charge in [0.05, 0.1) is 0 Å². The Morgan fingerprint density at radius 1 is 0.892 bits per heavy atom. The molecule has 2 saturated carbocycles. The Morgan fingerprint density at radius 2 is 1.62 bits per heavy atom. The maximum absolute atomic E-state index is 13.7. The summed E-state index contributed by atoms with van der Waals surface area (Å²) in [5.74, 6) is 0.999. The van der Waals surface area contributed by atoms with Crippen LogP contribution in [-0.4, -0.2) is 17.3 Å². The molecule has 3 heteroatoms. The van der Waals surface area contributed by atoms with E-state index < -0.39 is 0 Å². The molecule has 2 atom stereocenters. The van der Waals surface area contributed by atoms with Gasteiger partial charge in [-0.05, 0) is 99.8 Å². The van der Waals surface area contributed by atoms with E-state index in [1.807, 2.05) is 19.1 Å². The van der Waals surface area contributed by atoms with Crippen molar-refractivity contribution in [1.82, 2.24) is 0 Å². The van der Waals surface area contributed by atoms with Crippen molar-refractivity contribution in [2.45, 2.75) is 97.3 Å². The van der Waals surface area contributed by atoms with E-state index in [9.17, 15) is 14.4 Å². The Morgan fingerprint density at radius 3 is 2.30 bits per heavy atom. The van der Waals surface area contributed by atoms with Gasteiger partial charge in [-0.25, -0.2) is 0 Å². The highest BCUT2D eigenvalue weighted by molar-refractivity contribution is 6.55. The smallest absolute Gasteiger partial charge is 0.229 e. The van der Waals surface area contributed by atoms with Crippen LogP contribution < -0.4 is 0 Å². The Labute approximate surface area is 222 Å². The van der Waals surface area contributed by atoms with Crippen LogP contribution in [0.3, 0.4) is 0 Å². The van der Waals surface area contributed by atoms with Crippen LogP contribution >= 0.6 is 0 Å². The molecular weight excluding hydrogens is 456 g/mol. The average molecular weight is 499 g/mol. The first-order valence-corrected chi connectivity index (χ1v) is 14.7. The van der Waals surface area contributed by atoms with E-state index in [-0.39, 0.29) is 35.1 Å². The zero-order valence-electron chi connectivity index (χ0n) is 22.9. The second kappa shape index (κ2) is 11.1. The number of carbonyl (C=O) groups excluding carboxylic acids is 3. The largest absolute Gasteiger partial charge is 0.294 e. The summed E-state index contributed by atoms with van der Waals surface area (Å²) in [6.07, 6.45) is 20.3. The summed E-state index contributed by atoms with van der Waals surface area (Å²) < 4.78 is 0. The number of hydrogen-bond donors (Lipinski definition) is 0. The molecule has 2 fully saturated rings. The molecule has 4 aliphatic rings. The maximum atomic E-state index is 13.7. The van der Waals surface area contributed by atoms with Crippen molar-refractivity contribution >= 4 is 22.9 Å². The van der Waals surface area contributed by atoms with Crippen molar-refractivity contribution in [2.24, 2.45) is 23.7 Å². The fourth-order valence-corrected chi connectivity index (χ4v) is 7.17. The number of carbonyl (C=O) groups is 3. The number of allylic oxidation sites excluding steroid dienone is 6. The molecule has 4 aliphatic carbocycles. The molecular formula is C34H42O3. The molecule has 0 bridgehead atoms. The minimum atomic E-state index is -0.345. The van der Waals surface area contributed by atoms with Crippen molar-refractivity contribution in [2.75, 3.05) is 0 Å². The summed E-state index contributed by atoms with van der Waals surface area (Å²) in [4.78, 5) is 40.1. The summed E-state index contributed by atoms with van der Waals surface area (Å²) in [7, 11) is 0. The second-order valence-corrected chi connectivity index (χ2v) is 12.3. The molecule has 1 aromatic rings. The molecule has 0 amide bonds. The molecule has 37 heavy (non-hydrogen) atoms. The Kier molecular flexibility index (Phi) is 7.79. The molecule has 3 nitrogen and oxygen atoms in total. The van der Waals surface area contributed by atoms with Gasteiger partial charge in [-0.3, -0.25) is 14.4 Å². The predicted molar refractivity (Wildman–Crippen MR) is 150 cm³/mol. The van der Waals surface area contributed by atoms with Gasteiger partial charge in [0.15, 0.2) is 5.78 Å². The van der Waals surface area contributed by atoms with Crippen LogP contribution in [0.15, 0.2) is 42.0 Å². The van der Waals surface area contributed by atoms with Crippen molar-refractivity contribution < 1.29 is 14.4 Å². The van der Waals surface area contributed by atoms with E-state index in [1.54, 1.807) is 0 Å². The van der Waals surface area contributed by atoms with E-state index in [0.29, 0.717) is 17.4 Å². The lowest BCUT2D eigenvalue weighted by molar-refractivity contribution is -0.136. The molecule has 0 heterocycles. The zero-order chi connectivity index (χ0) is 26.1. The molecule has 2 unspecified atom stereocenters. The summed E-state index contributed by atoms with van der Waals surface area (Å²) in [5.41, 5.74) is 5.52. The molecule has 0 spiro atoms. The van der Waals surface area contributed by atoms with Crippen LogP contribution in [0.25, 0.3) is 5.57 Å². The van der Waals surface area contributed by atoms with Crippen LogP contribution in [0.4, 0.5) is 0 Å². The van der Waals surface area contributed by atoms with Crippen LogP contribution in [0.1, 0.15) is 117 Å². The molecule has 1 aromatic carbocycles. The number of hydrogen-bond acceptors (Lipinski definition) is 3. The van der Waals surface area contributed by atoms with Crippen LogP contribution in [0.5, 0.6) is 0 Å². The third-order valence-corrected chi connectivity index (χ3v) is 9.53. The van der Waals surface area contributed by atoms with Crippen LogP contribution in [-0.2, 0) is 9.59 Å². The lowest BCUT2D eigenvalue weighted by atomic mass is 9.74. The van der Waals surface area contributed by atoms with Gasteiger partial charge in [-0.2, -0.15) is 0 Å². The predicted octanol–water partition coefficient (Wildman–Crippen LogP) is 8.12. The number of aryl methyl sites for hydroxylation is 1. The quantitative estimate of drug-likeness (QED) is 0.282. The van der Waals surface area contributed by atoms with Gasteiger partial charge >= 0.3 is 0 Å². The number of ketones is 3. The Bertz CT molecular complexity index is 1170. The molecule has 0 saturated heterocycles. The van der Waals surface area contributed by atoms with Crippen LogP contribution in [0, 0.1) is 30.6 Å². The van der Waals surface area contributed by atoms with Crippen molar-refractivity contribution in [1.29, 1.82) is 0 Å². The number of Topliss-reactive ketones (excluding diaryl/α,β-unsaturated/α-hetero) is 3. The van der Waals surface area contributed by atoms with E-state index in [2.05, 4.69) is 38.1 Å². The molecule has 196 valence electrons. The number of rotatable bonds is 7. The van der Waals surface area contributed by atoms with Gasteiger partial charge in [0.2, 0.25) is 11.6 Å². The molecule has 5 rings (SSSR count). The minimum Gasteiger partial charge on any atom is -0.294 e. The Hall–Kier alpha value is -2.55. The number of fused-ring (bicyclic) bond motifs is 1. The lowest BCUT2D eigenvalue weighted by Crippen LogP contribution is -2.26. The average Bonchev–Trinajstić information content (AvgIpc) is 3.24. The fourth-order valence-electron chi connectivity index (χ4n) is 7.17. The summed E-state index contributed by atoms with van der Waals surface area (Å²) >= 11 is 0. The lowest BCUT2D eigenvalue weighted by Gasteiger charge is -2.30. The fraction of sp³-hybridized carbons (Fsp3) is 0.559. The molecule has 0 aliphatic heterocycles. The highest BCUT2D eigenvalue weighted by Gasteiger charge is 2.35. The second-order valence-electron chi connectivity index (χ2n) is 12.3. The summed E-state index contributed by atoms with van der Waals surface area (Å²) in [5, 5.41) is 0. The highest BCUT2D eigenvalue weighted by atomic mass is 16.2. The van der Waals surface area contributed by atoms with E-state index in [1.165, 1.54) is 12.0 Å². The SMILES string of the molecule is CC1=CCC(CC2CCC(C(=O)c3cc4c(cc3C)C(C)C=C4C(=O)C(=O)C3CCCCC3)CC2)C=C1.